The fourth-order valence-corrected chi connectivity index (χ4v) is 2.36. The minimum atomic E-state index is -0.892. The van der Waals surface area contributed by atoms with Crippen LogP contribution in [0.2, 0.25) is 0 Å². The fraction of sp³-hybridized carbons (Fsp3) is 0.462. The summed E-state index contributed by atoms with van der Waals surface area (Å²) in [6.07, 6.45) is 1.55. The molecule has 0 spiro atoms. The maximum absolute atomic E-state index is 12.8. The minimum Gasteiger partial charge on any atom is -0.481 e. The van der Waals surface area contributed by atoms with Crippen molar-refractivity contribution >= 4 is 11.9 Å². The molecule has 5 nitrogen and oxygen atoms in total. The van der Waals surface area contributed by atoms with Gasteiger partial charge in [0, 0.05) is 13.1 Å². The van der Waals surface area contributed by atoms with E-state index in [0.717, 1.165) is 6.20 Å². The number of likely N-dealkylation sites (tertiary alicyclic amines) is 1. The van der Waals surface area contributed by atoms with Crippen molar-refractivity contribution < 1.29 is 19.1 Å². The zero-order valence-corrected chi connectivity index (χ0v) is 10.5. The highest BCUT2D eigenvalue weighted by atomic mass is 19.1. The molecule has 1 aliphatic rings. The molecule has 1 aliphatic heterocycles. The van der Waals surface area contributed by atoms with E-state index in [1.807, 2.05) is 6.92 Å². The van der Waals surface area contributed by atoms with Crippen LogP contribution in [0.4, 0.5) is 4.39 Å². The lowest BCUT2D eigenvalue weighted by molar-refractivity contribution is -0.143. The van der Waals surface area contributed by atoms with Crippen molar-refractivity contribution in [2.45, 2.75) is 13.3 Å². The number of aromatic nitrogens is 1. The second-order valence-corrected chi connectivity index (χ2v) is 4.95. The zero-order valence-electron chi connectivity index (χ0n) is 10.5. The standard InChI is InChI=1S/C13H15FN2O3/c1-8-4-9(13(18)19)7-16(6-8)12(17)11-3-2-10(14)5-15-11/h2-3,5,8-9H,4,6-7H2,1H3,(H,18,19). The monoisotopic (exact) mass is 266 g/mol. The van der Waals surface area contributed by atoms with E-state index in [-0.39, 0.29) is 24.1 Å². The number of pyridine rings is 1. The van der Waals surface area contributed by atoms with Gasteiger partial charge >= 0.3 is 5.97 Å². The van der Waals surface area contributed by atoms with Crippen LogP contribution in [-0.4, -0.2) is 40.0 Å². The molecule has 1 aromatic heterocycles. The molecule has 102 valence electrons. The quantitative estimate of drug-likeness (QED) is 0.878. The lowest BCUT2D eigenvalue weighted by Gasteiger charge is -2.34. The van der Waals surface area contributed by atoms with Crippen molar-refractivity contribution in [3.05, 3.63) is 29.8 Å². The maximum Gasteiger partial charge on any atom is 0.308 e. The first kappa shape index (κ1) is 13.5. The number of piperidine rings is 1. The average Bonchev–Trinajstić information content (AvgIpc) is 2.38. The normalized spacial score (nSPS) is 23.2. The van der Waals surface area contributed by atoms with Crippen LogP contribution < -0.4 is 0 Å². The molecule has 0 aliphatic carbocycles. The molecule has 19 heavy (non-hydrogen) atoms. The van der Waals surface area contributed by atoms with Gasteiger partial charge < -0.3 is 10.0 Å². The smallest absolute Gasteiger partial charge is 0.308 e. The summed E-state index contributed by atoms with van der Waals surface area (Å²) in [5.74, 6) is -2.17. The number of hydrogen-bond acceptors (Lipinski definition) is 3. The number of carbonyl (C=O) groups excluding carboxylic acids is 1. The van der Waals surface area contributed by atoms with Gasteiger partial charge in [0.25, 0.3) is 5.91 Å². The third kappa shape index (κ3) is 3.07. The summed E-state index contributed by atoms with van der Waals surface area (Å²) in [4.78, 5) is 28.4. The summed E-state index contributed by atoms with van der Waals surface area (Å²) in [7, 11) is 0. The number of carboxylic acid groups (broad SMARTS) is 1. The number of carboxylic acids is 1. The average molecular weight is 266 g/mol. The molecule has 1 fully saturated rings. The second-order valence-electron chi connectivity index (χ2n) is 4.95. The maximum atomic E-state index is 12.8. The summed E-state index contributed by atoms with van der Waals surface area (Å²) in [6.45, 7) is 2.59. The van der Waals surface area contributed by atoms with Crippen molar-refractivity contribution in [2.75, 3.05) is 13.1 Å². The van der Waals surface area contributed by atoms with E-state index < -0.39 is 17.7 Å². The van der Waals surface area contributed by atoms with E-state index in [4.69, 9.17) is 5.11 Å². The Kier molecular flexibility index (Phi) is 3.78. The van der Waals surface area contributed by atoms with Crippen LogP contribution in [0, 0.1) is 17.7 Å². The van der Waals surface area contributed by atoms with Gasteiger partial charge in [0.2, 0.25) is 0 Å². The number of carbonyl (C=O) groups is 2. The molecule has 1 aromatic rings. The highest BCUT2D eigenvalue weighted by Gasteiger charge is 2.32. The predicted molar refractivity (Wildman–Crippen MR) is 65.0 cm³/mol. The van der Waals surface area contributed by atoms with Gasteiger partial charge in [0.15, 0.2) is 0 Å². The van der Waals surface area contributed by atoms with Crippen LogP contribution >= 0.6 is 0 Å². The number of rotatable bonds is 2. The van der Waals surface area contributed by atoms with Crippen LogP contribution in [-0.2, 0) is 4.79 Å². The Balaban J connectivity index is 2.14. The molecule has 0 saturated carbocycles. The highest BCUT2D eigenvalue weighted by Crippen LogP contribution is 2.22. The first-order valence-electron chi connectivity index (χ1n) is 6.11. The zero-order chi connectivity index (χ0) is 14.0. The Morgan fingerprint density at radius 3 is 2.74 bits per heavy atom. The van der Waals surface area contributed by atoms with Gasteiger partial charge in [0.05, 0.1) is 12.1 Å². The molecule has 2 heterocycles. The highest BCUT2D eigenvalue weighted by molar-refractivity contribution is 5.92. The van der Waals surface area contributed by atoms with Crippen molar-refractivity contribution in [3.63, 3.8) is 0 Å². The molecule has 2 rings (SSSR count). The first-order chi connectivity index (χ1) is 8.97. The van der Waals surface area contributed by atoms with E-state index >= 15 is 0 Å². The largest absolute Gasteiger partial charge is 0.481 e. The predicted octanol–water partition coefficient (Wildman–Crippen LogP) is 1.40. The molecule has 0 bridgehead atoms. The molecule has 2 atom stereocenters. The summed E-state index contributed by atoms with van der Waals surface area (Å²) in [5, 5.41) is 9.06. The topological polar surface area (TPSA) is 70.5 Å². The molecule has 1 saturated heterocycles. The fourth-order valence-electron chi connectivity index (χ4n) is 2.36. The lowest BCUT2D eigenvalue weighted by Crippen LogP contribution is -2.45. The van der Waals surface area contributed by atoms with Crippen molar-refractivity contribution in [2.24, 2.45) is 11.8 Å². The van der Waals surface area contributed by atoms with Gasteiger partial charge in [-0.05, 0) is 24.5 Å². The Labute approximate surface area is 110 Å². The Hall–Kier alpha value is -1.98. The second kappa shape index (κ2) is 5.34. The Morgan fingerprint density at radius 2 is 2.16 bits per heavy atom. The van der Waals surface area contributed by atoms with Gasteiger partial charge in [-0.15, -0.1) is 0 Å². The van der Waals surface area contributed by atoms with Gasteiger partial charge in [-0.2, -0.15) is 0 Å². The summed E-state index contributed by atoms with van der Waals surface area (Å²) >= 11 is 0. The number of halogens is 1. The van der Waals surface area contributed by atoms with Gasteiger partial charge in [-0.1, -0.05) is 6.92 Å². The summed E-state index contributed by atoms with van der Waals surface area (Å²) < 4.78 is 12.8. The summed E-state index contributed by atoms with van der Waals surface area (Å²) in [6, 6.07) is 2.48. The molecular weight excluding hydrogens is 251 g/mol. The molecule has 0 radical (unpaired) electrons. The number of amides is 1. The molecule has 1 amide bonds. The number of hydrogen-bond donors (Lipinski definition) is 1. The Morgan fingerprint density at radius 1 is 1.42 bits per heavy atom. The minimum absolute atomic E-state index is 0.124. The molecule has 2 unspecified atom stereocenters. The lowest BCUT2D eigenvalue weighted by atomic mass is 9.90. The van der Waals surface area contributed by atoms with E-state index in [2.05, 4.69) is 4.98 Å². The number of nitrogens with zero attached hydrogens (tertiary/aromatic N) is 2. The van der Waals surface area contributed by atoms with Crippen LogP contribution in [0.15, 0.2) is 18.3 Å². The van der Waals surface area contributed by atoms with Crippen molar-refractivity contribution in [1.82, 2.24) is 9.88 Å². The van der Waals surface area contributed by atoms with Crippen LogP contribution in [0.3, 0.4) is 0 Å². The van der Waals surface area contributed by atoms with E-state index in [9.17, 15) is 14.0 Å². The number of aliphatic carboxylic acids is 1. The molecule has 6 heteroatoms. The Bertz CT molecular complexity index is 489. The molecule has 0 aromatic carbocycles. The van der Waals surface area contributed by atoms with Crippen molar-refractivity contribution in [3.8, 4) is 0 Å². The first-order valence-corrected chi connectivity index (χ1v) is 6.11. The SMILES string of the molecule is CC1CC(C(=O)O)CN(C(=O)c2ccc(F)cn2)C1. The van der Waals surface area contributed by atoms with Crippen LogP contribution in [0.5, 0.6) is 0 Å². The van der Waals surface area contributed by atoms with Crippen LogP contribution in [0.25, 0.3) is 0 Å². The van der Waals surface area contributed by atoms with Gasteiger partial charge in [-0.3, -0.25) is 9.59 Å². The van der Waals surface area contributed by atoms with Gasteiger partial charge in [0.1, 0.15) is 11.5 Å². The third-order valence-corrected chi connectivity index (χ3v) is 3.24. The van der Waals surface area contributed by atoms with E-state index in [1.54, 1.807) is 0 Å². The van der Waals surface area contributed by atoms with E-state index in [1.165, 1.54) is 17.0 Å². The van der Waals surface area contributed by atoms with Crippen molar-refractivity contribution in [1.29, 1.82) is 0 Å². The molecular formula is C13H15FN2O3. The molecule has 1 N–H and O–H groups in total. The van der Waals surface area contributed by atoms with Crippen LogP contribution in [0.1, 0.15) is 23.8 Å². The van der Waals surface area contributed by atoms with E-state index in [0.29, 0.717) is 13.0 Å². The summed E-state index contributed by atoms with van der Waals surface area (Å²) in [5.41, 5.74) is 0.139. The van der Waals surface area contributed by atoms with Gasteiger partial charge in [-0.25, -0.2) is 9.37 Å². The third-order valence-electron chi connectivity index (χ3n) is 3.24.